The summed E-state index contributed by atoms with van der Waals surface area (Å²) in [6.45, 7) is 5.11. The van der Waals surface area contributed by atoms with E-state index in [0.717, 1.165) is 19.3 Å². The van der Waals surface area contributed by atoms with Gasteiger partial charge in [0.25, 0.3) is 0 Å². The van der Waals surface area contributed by atoms with Crippen molar-refractivity contribution in [1.82, 2.24) is 9.62 Å². The summed E-state index contributed by atoms with van der Waals surface area (Å²) in [5.74, 6) is -0.0904. The molecule has 1 aliphatic heterocycles. The monoisotopic (exact) mass is 427 g/mol. The lowest BCUT2D eigenvalue weighted by Crippen LogP contribution is -2.35. The van der Waals surface area contributed by atoms with E-state index in [1.165, 1.54) is 10.4 Å². The minimum atomic E-state index is -3.72. The smallest absolute Gasteiger partial charge is 0.407 e. The standard InChI is InChI=1S/C19H29N3O6S/c1-3-27-16-9-8-15(21-18(23)10-11-20-19(24)28-4-2)14-17(16)29(25,26)22-12-6-5-7-13-22/h8-9,14H,3-7,10-13H2,1-2H3,(H,20,24)(H,21,23). The Morgan fingerprint density at radius 2 is 1.83 bits per heavy atom. The highest BCUT2D eigenvalue weighted by molar-refractivity contribution is 7.89. The van der Waals surface area contributed by atoms with Crippen molar-refractivity contribution in [2.24, 2.45) is 0 Å². The van der Waals surface area contributed by atoms with Crippen LogP contribution in [0.15, 0.2) is 23.1 Å². The molecule has 0 spiro atoms. The summed E-state index contributed by atoms with van der Waals surface area (Å²) in [5.41, 5.74) is 0.352. The minimum Gasteiger partial charge on any atom is -0.492 e. The maximum absolute atomic E-state index is 13.1. The van der Waals surface area contributed by atoms with E-state index < -0.39 is 16.1 Å². The molecule has 2 N–H and O–H groups in total. The van der Waals surface area contributed by atoms with Gasteiger partial charge in [0.1, 0.15) is 10.6 Å². The number of benzene rings is 1. The topological polar surface area (TPSA) is 114 Å². The van der Waals surface area contributed by atoms with Crippen LogP contribution in [0, 0.1) is 0 Å². The highest BCUT2D eigenvalue weighted by atomic mass is 32.2. The number of nitrogens with one attached hydrogen (secondary N) is 2. The molecule has 0 bridgehead atoms. The Morgan fingerprint density at radius 3 is 2.48 bits per heavy atom. The fourth-order valence-corrected chi connectivity index (χ4v) is 4.66. The molecule has 0 atom stereocenters. The molecule has 1 fully saturated rings. The van der Waals surface area contributed by atoms with E-state index in [1.54, 1.807) is 26.0 Å². The van der Waals surface area contributed by atoms with Crippen molar-refractivity contribution in [3.8, 4) is 5.75 Å². The third-order valence-electron chi connectivity index (χ3n) is 4.36. The summed E-state index contributed by atoms with van der Waals surface area (Å²) in [6, 6.07) is 4.56. The van der Waals surface area contributed by atoms with Crippen molar-refractivity contribution in [2.75, 3.05) is 38.2 Å². The molecular formula is C19H29N3O6S. The van der Waals surface area contributed by atoms with Gasteiger partial charge in [-0.2, -0.15) is 4.31 Å². The first kappa shape index (κ1) is 23.0. The molecule has 0 unspecified atom stereocenters. The Bertz CT molecular complexity index is 806. The molecule has 0 saturated carbocycles. The number of amides is 2. The highest BCUT2D eigenvalue weighted by Crippen LogP contribution is 2.31. The van der Waals surface area contributed by atoms with Crippen LogP contribution in [0.5, 0.6) is 5.75 Å². The molecule has 0 aliphatic carbocycles. The van der Waals surface area contributed by atoms with Gasteiger partial charge < -0.3 is 20.1 Å². The lowest BCUT2D eigenvalue weighted by molar-refractivity contribution is -0.116. The molecule has 2 rings (SSSR count). The number of anilines is 1. The van der Waals surface area contributed by atoms with Crippen LogP contribution >= 0.6 is 0 Å². The van der Waals surface area contributed by atoms with E-state index >= 15 is 0 Å². The van der Waals surface area contributed by atoms with Crippen molar-refractivity contribution < 1.29 is 27.5 Å². The summed E-state index contributed by atoms with van der Waals surface area (Å²) in [4.78, 5) is 23.4. The van der Waals surface area contributed by atoms with Gasteiger partial charge in [0, 0.05) is 31.7 Å². The van der Waals surface area contributed by atoms with Crippen molar-refractivity contribution in [3.05, 3.63) is 18.2 Å². The molecule has 1 aliphatic rings. The Balaban J connectivity index is 2.11. The van der Waals surface area contributed by atoms with Crippen LogP contribution in [0.4, 0.5) is 10.5 Å². The van der Waals surface area contributed by atoms with E-state index in [9.17, 15) is 18.0 Å². The largest absolute Gasteiger partial charge is 0.492 e. The Kier molecular flexibility index (Phi) is 8.71. The van der Waals surface area contributed by atoms with E-state index in [2.05, 4.69) is 10.6 Å². The van der Waals surface area contributed by atoms with Crippen molar-refractivity contribution >= 4 is 27.7 Å². The van der Waals surface area contributed by atoms with Gasteiger partial charge in [-0.1, -0.05) is 6.42 Å². The number of rotatable bonds is 9. The minimum absolute atomic E-state index is 0.0280. The number of piperidine rings is 1. The molecular weight excluding hydrogens is 398 g/mol. The number of alkyl carbamates (subject to hydrolysis) is 1. The van der Waals surface area contributed by atoms with Crippen LogP contribution in [0.2, 0.25) is 0 Å². The van der Waals surface area contributed by atoms with E-state index in [-0.39, 0.29) is 36.1 Å². The third kappa shape index (κ3) is 6.60. The Morgan fingerprint density at radius 1 is 1.10 bits per heavy atom. The fourth-order valence-electron chi connectivity index (χ4n) is 2.99. The molecule has 29 heavy (non-hydrogen) atoms. The molecule has 2 amide bonds. The lowest BCUT2D eigenvalue weighted by atomic mass is 10.2. The van der Waals surface area contributed by atoms with Gasteiger partial charge in [-0.25, -0.2) is 13.2 Å². The predicted octanol–water partition coefficient (Wildman–Crippen LogP) is 2.33. The summed E-state index contributed by atoms with van der Waals surface area (Å²) >= 11 is 0. The zero-order chi connectivity index (χ0) is 21.3. The first-order valence-electron chi connectivity index (χ1n) is 9.86. The van der Waals surface area contributed by atoms with Gasteiger partial charge in [0.15, 0.2) is 0 Å². The summed E-state index contributed by atoms with van der Waals surface area (Å²) < 4.78 is 37.9. The van der Waals surface area contributed by atoms with Crippen LogP contribution in [0.1, 0.15) is 39.5 Å². The molecule has 0 aromatic heterocycles. The van der Waals surface area contributed by atoms with Crippen LogP contribution in [-0.2, 0) is 19.6 Å². The summed E-state index contributed by atoms with van der Waals surface area (Å²) in [5, 5.41) is 5.12. The number of nitrogens with zero attached hydrogens (tertiary/aromatic N) is 1. The number of carbonyl (C=O) groups is 2. The average molecular weight is 428 g/mol. The first-order chi connectivity index (χ1) is 13.9. The average Bonchev–Trinajstić information content (AvgIpc) is 2.70. The van der Waals surface area contributed by atoms with Gasteiger partial charge >= 0.3 is 6.09 Å². The molecule has 1 heterocycles. The molecule has 1 aromatic rings. The predicted molar refractivity (Wildman–Crippen MR) is 108 cm³/mol. The number of carbonyl (C=O) groups excluding carboxylic acids is 2. The maximum Gasteiger partial charge on any atom is 0.407 e. The molecule has 1 saturated heterocycles. The summed E-state index contributed by atoms with van der Waals surface area (Å²) in [6.07, 6.45) is 2.11. The number of ether oxygens (including phenoxy) is 2. The van der Waals surface area contributed by atoms with E-state index in [4.69, 9.17) is 9.47 Å². The molecule has 162 valence electrons. The second kappa shape index (κ2) is 11.0. The Labute approximate surface area is 171 Å². The quantitative estimate of drug-likeness (QED) is 0.625. The highest BCUT2D eigenvalue weighted by Gasteiger charge is 2.29. The van der Waals surface area contributed by atoms with E-state index in [0.29, 0.717) is 25.4 Å². The summed E-state index contributed by atoms with van der Waals surface area (Å²) in [7, 11) is -3.72. The molecule has 9 nitrogen and oxygen atoms in total. The SMILES string of the molecule is CCOC(=O)NCCC(=O)Nc1ccc(OCC)c(S(=O)(=O)N2CCCCC2)c1. The van der Waals surface area contributed by atoms with E-state index in [1.807, 2.05) is 0 Å². The van der Waals surface area contributed by atoms with Crippen molar-refractivity contribution in [1.29, 1.82) is 0 Å². The fraction of sp³-hybridized carbons (Fsp3) is 0.579. The van der Waals surface area contributed by atoms with Gasteiger partial charge in [-0.15, -0.1) is 0 Å². The van der Waals surface area contributed by atoms with Gasteiger partial charge in [-0.05, 0) is 44.9 Å². The third-order valence-corrected chi connectivity index (χ3v) is 6.28. The zero-order valence-corrected chi connectivity index (χ0v) is 17.7. The van der Waals surface area contributed by atoms with Gasteiger partial charge in [0.2, 0.25) is 15.9 Å². The number of hydrogen-bond donors (Lipinski definition) is 2. The second-order valence-corrected chi connectivity index (χ2v) is 8.41. The molecule has 0 radical (unpaired) electrons. The van der Waals surface area contributed by atoms with Gasteiger partial charge in [0.05, 0.1) is 13.2 Å². The van der Waals surface area contributed by atoms with Crippen LogP contribution in [-0.4, -0.2) is 57.6 Å². The van der Waals surface area contributed by atoms with Crippen molar-refractivity contribution in [3.63, 3.8) is 0 Å². The van der Waals surface area contributed by atoms with Crippen LogP contribution in [0.3, 0.4) is 0 Å². The van der Waals surface area contributed by atoms with Crippen molar-refractivity contribution in [2.45, 2.75) is 44.4 Å². The lowest BCUT2D eigenvalue weighted by Gasteiger charge is -2.27. The van der Waals surface area contributed by atoms with Gasteiger partial charge in [-0.3, -0.25) is 4.79 Å². The van der Waals surface area contributed by atoms with Crippen LogP contribution < -0.4 is 15.4 Å². The molecule has 10 heteroatoms. The normalized spacial score (nSPS) is 14.8. The first-order valence-corrected chi connectivity index (χ1v) is 11.3. The molecule has 1 aromatic carbocycles. The maximum atomic E-state index is 13.1. The van der Waals surface area contributed by atoms with Crippen LogP contribution in [0.25, 0.3) is 0 Å². The Hall–Kier alpha value is -2.33. The zero-order valence-electron chi connectivity index (χ0n) is 16.9. The number of sulfonamides is 1. The second-order valence-electron chi connectivity index (χ2n) is 6.50. The number of hydrogen-bond acceptors (Lipinski definition) is 6.